The Labute approximate surface area is 138 Å². The van der Waals surface area contributed by atoms with Crippen molar-refractivity contribution in [3.8, 4) is 0 Å². The number of nitrogens with one attached hydrogen (secondary N) is 2. The van der Waals surface area contributed by atoms with Crippen LogP contribution in [0.3, 0.4) is 0 Å². The molecule has 1 atom stereocenters. The number of aryl methyl sites for hydroxylation is 1. The van der Waals surface area contributed by atoms with Crippen molar-refractivity contribution in [3.05, 3.63) is 49.6 Å². The highest BCUT2D eigenvalue weighted by atomic mass is 32.1. The fraction of sp³-hybridized carbons (Fsp3) is 0.438. The monoisotopic (exact) mass is 335 g/mol. The van der Waals surface area contributed by atoms with Gasteiger partial charge >= 0.3 is 0 Å². The Morgan fingerprint density at radius 1 is 1.43 bits per heavy atom. The van der Waals surface area contributed by atoms with Crippen LogP contribution in [-0.2, 0) is 18.4 Å². The summed E-state index contributed by atoms with van der Waals surface area (Å²) in [6, 6.07) is 1.81. The van der Waals surface area contributed by atoms with E-state index in [1.165, 1.54) is 11.3 Å². The Morgan fingerprint density at radius 3 is 2.74 bits per heavy atom. The van der Waals surface area contributed by atoms with Gasteiger partial charge in [-0.25, -0.2) is 5.10 Å². The summed E-state index contributed by atoms with van der Waals surface area (Å²) in [4.78, 5) is 24.5. The maximum Gasteiger partial charge on any atom is 0.277 e. The van der Waals surface area contributed by atoms with Gasteiger partial charge in [-0.2, -0.15) is 16.4 Å². The highest BCUT2D eigenvalue weighted by Crippen LogP contribution is 2.22. The van der Waals surface area contributed by atoms with Gasteiger partial charge in [0, 0.05) is 0 Å². The van der Waals surface area contributed by atoms with Gasteiger partial charge in [0.25, 0.3) is 11.5 Å². The summed E-state index contributed by atoms with van der Waals surface area (Å²) in [7, 11) is 0. The molecule has 6 nitrogen and oxygen atoms in total. The minimum absolute atomic E-state index is 0.0228. The van der Waals surface area contributed by atoms with Crippen LogP contribution < -0.4 is 10.9 Å². The molecular weight excluding hydrogens is 314 g/mol. The number of H-pyrrole nitrogens is 1. The number of carbonyl (C=O) groups is 1. The third-order valence-corrected chi connectivity index (χ3v) is 4.50. The Morgan fingerprint density at radius 2 is 2.17 bits per heavy atom. The molecule has 0 bridgehead atoms. The zero-order chi connectivity index (χ0) is 17.0. The summed E-state index contributed by atoms with van der Waals surface area (Å²) in [6.45, 7) is 5.45. The van der Waals surface area contributed by atoms with Crippen LogP contribution in [0.2, 0.25) is 0 Å². The van der Waals surface area contributed by atoms with Gasteiger partial charge in [0.2, 0.25) is 0 Å². The number of rotatable bonds is 6. The number of hydrogen-bond acceptors (Lipinski definition) is 5. The van der Waals surface area contributed by atoms with Crippen LogP contribution in [0.25, 0.3) is 0 Å². The molecule has 1 amide bonds. The van der Waals surface area contributed by atoms with E-state index in [0.717, 1.165) is 5.56 Å². The highest BCUT2D eigenvalue weighted by Gasteiger charge is 2.26. The van der Waals surface area contributed by atoms with Gasteiger partial charge < -0.3 is 10.4 Å². The summed E-state index contributed by atoms with van der Waals surface area (Å²) < 4.78 is 0. The van der Waals surface area contributed by atoms with E-state index in [1.54, 1.807) is 6.92 Å². The molecule has 2 aromatic heterocycles. The minimum Gasteiger partial charge on any atom is -0.384 e. The molecule has 2 heterocycles. The van der Waals surface area contributed by atoms with Gasteiger partial charge in [0.05, 0.1) is 12.2 Å². The maximum absolute atomic E-state index is 12.5. The van der Waals surface area contributed by atoms with Crippen LogP contribution in [-0.4, -0.2) is 27.8 Å². The first-order valence-electron chi connectivity index (χ1n) is 7.54. The van der Waals surface area contributed by atoms with Crippen molar-refractivity contribution in [1.82, 2.24) is 15.5 Å². The minimum atomic E-state index is -1.19. The first-order chi connectivity index (χ1) is 10.9. The topological polar surface area (TPSA) is 95.1 Å². The van der Waals surface area contributed by atoms with Gasteiger partial charge in [-0.3, -0.25) is 9.59 Å². The Bertz CT molecular complexity index is 736. The second-order valence-corrected chi connectivity index (χ2v) is 6.31. The number of amides is 1. The normalized spacial score (nSPS) is 13.6. The largest absolute Gasteiger partial charge is 0.384 e. The average Bonchev–Trinajstić information content (AvgIpc) is 3.07. The molecule has 0 spiro atoms. The summed E-state index contributed by atoms with van der Waals surface area (Å²) in [6.07, 6.45) is 1.18. The van der Waals surface area contributed by atoms with E-state index >= 15 is 0 Å². The molecule has 0 radical (unpaired) electrons. The first-order valence-corrected chi connectivity index (χ1v) is 8.48. The van der Waals surface area contributed by atoms with Crippen LogP contribution in [0.1, 0.15) is 48.0 Å². The summed E-state index contributed by atoms with van der Waals surface area (Å²) in [5, 5.41) is 23.2. The lowest BCUT2D eigenvalue weighted by atomic mass is 9.98. The maximum atomic E-state index is 12.5. The smallest absolute Gasteiger partial charge is 0.277 e. The molecule has 0 aliphatic rings. The predicted molar refractivity (Wildman–Crippen MR) is 89.8 cm³/mol. The van der Waals surface area contributed by atoms with Gasteiger partial charge in [0.1, 0.15) is 11.2 Å². The summed E-state index contributed by atoms with van der Waals surface area (Å²) in [5.74, 6) is -0.490. The molecule has 1 unspecified atom stereocenters. The van der Waals surface area contributed by atoms with Gasteiger partial charge in [0.15, 0.2) is 0 Å². The molecule has 7 heteroatoms. The molecular formula is C16H21N3O3S. The van der Waals surface area contributed by atoms with Crippen LogP contribution in [0.4, 0.5) is 0 Å². The van der Waals surface area contributed by atoms with E-state index in [1.807, 2.05) is 30.7 Å². The number of aromatic amines is 1. The van der Waals surface area contributed by atoms with Crippen LogP contribution >= 0.6 is 11.3 Å². The zero-order valence-electron chi connectivity index (χ0n) is 13.5. The number of carbonyl (C=O) groups excluding carboxylic acids is 1. The van der Waals surface area contributed by atoms with Crippen LogP contribution in [0.5, 0.6) is 0 Å². The van der Waals surface area contributed by atoms with Gasteiger partial charge in [-0.1, -0.05) is 13.8 Å². The predicted octanol–water partition coefficient (Wildman–Crippen LogP) is 1.59. The molecule has 0 aliphatic carbocycles. The van der Waals surface area contributed by atoms with E-state index in [2.05, 4.69) is 15.5 Å². The van der Waals surface area contributed by atoms with E-state index in [0.29, 0.717) is 24.1 Å². The van der Waals surface area contributed by atoms with Crippen molar-refractivity contribution in [3.63, 3.8) is 0 Å². The van der Waals surface area contributed by atoms with Crippen LogP contribution in [0.15, 0.2) is 21.6 Å². The molecule has 23 heavy (non-hydrogen) atoms. The third kappa shape index (κ3) is 3.68. The quantitative estimate of drug-likeness (QED) is 0.747. The highest BCUT2D eigenvalue weighted by molar-refractivity contribution is 7.08. The van der Waals surface area contributed by atoms with Crippen molar-refractivity contribution in [2.24, 2.45) is 0 Å². The third-order valence-electron chi connectivity index (χ3n) is 3.82. The Kier molecular flexibility index (Phi) is 5.33. The molecule has 2 aromatic rings. The number of aromatic nitrogens is 2. The van der Waals surface area contributed by atoms with E-state index in [9.17, 15) is 14.7 Å². The molecule has 0 fully saturated rings. The van der Waals surface area contributed by atoms with Crippen molar-refractivity contribution >= 4 is 17.2 Å². The average molecular weight is 335 g/mol. The molecule has 0 aromatic carbocycles. The number of aliphatic hydroxyl groups is 1. The van der Waals surface area contributed by atoms with Gasteiger partial charge in [-0.15, -0.1) is 0 Å². The summed E-state index contributed by atoms with van der Waals surface area (Å²) >= 11 is 1.47. The van der Waals surface area contributed by atoms with E-state index < -0.39 is 17.1 Å². The van der Waals surface area contributed by atoms with Crippen molar-refractivity contribution < 1.29 is 9.90 Å². The molecule has 3 N–H and O–H groups in total. The molecule has 0 saturated heterocycles. The fourth-order valence-electron chi connectivity index (χ4n) is 2.45. The van der Waals surface area contributed by atoms with E-state index in [4.69, 9.17) is 0 Å². The van der Waals surface area contributed by atoms with Crippen molar-refractivity contribution in [2.45, 2.75) is 39.2 Å². The zero-order valence-corrected chi connectivity index (χ0v) is 14.3. The second kappa shape index (κ2) is 7.06. The number of hydrogen-bond donors (Lipinski definition) is 3. The lowest BCUT2D eigenvalue weighted by Crippen LogP contribution is -2.41. The Hall–Kier alpha value is -1.99. The van der Waals surface area contributed by atoms with Crippen molar-refractivity contribution in [1.29, 1.82) is 0 Å². The number of nitrogens with zero attached hydrogens (tertiary/aromatic N) is 1. The fourth-order valence-corrected chi connectivity index (χ4v) is 3.23. The summed E-state index contributed by atoms with van der Waals surface area (Å²) in [5.41, 5.74) is 0.490. The SMILES string of the molecule is CCc1n[nH]c(=O)c(C(=O)NCC(C)(O)c2ccsc2)c1CC. The molecule has 2 rings (SSSR count). The second-order valence-electron chi connectivity index (χ2n) is 5.53. The van der Waals surface area contributed by atoms with Crippen LogP contribution in [0, 0.1) is 0 Å². The molecule has 0 saturated carbocycles. The first kappa shape index (κ1) is 17.4. The lowest BCUT2D eigenvalue weighted by molar-refractivity contribution is 0.0529. The lowest BCUT2D eigenvalue weighted by Gasteiger charge is -2.23. The van der Waals surface area contributed by atoms with Crippen molar-refractivity contribution in [2.75, 3.05) is 6.54 Å². The Balaban J connectivity index is 2.23. The molecule has 124 valence electrons. The van der Waals surface area contributed by atoms with Gasteiger partial charge in [-0.05, 0) is 47.7 Å². The standard InChI is InChI=1S/C16H21N3O3S/c1-4-11-12(5-2)18-19-15(21)13(11)14(20)17-9-16(3,22)10-6-7-23-8-10/h6-8,22H,4-5,9H2,1-3H3,(H,17,20)(H,19,21). The number of thiophene rings is 1. The molecule has 0 aliphatic heterocycles. The van der Waals surface area contributed by atoms with E-state index in [-0.39, 0.29) is 12.1 Å².